The first-order valence-corrected chi connectivity index (χ1v) is 9.03. The molecule has 0 aliphatic rings. The first-order chi connectivity index (χ1) is 11.9. The third-order valence-electron chi connectivity index (χ3n) is 3.84. The number of hydrogen-bond acceptors (Lipinski definition) is 6. The van der Waals surface area contributed by atoms with E-state index in [1.165, 1.54) is 16.9 Å². The van der Waals surface area contributed by atoms with E-state index in [2.05, 4.69) is 28.0 Å². The minimum Gasteiger partial charge on any atom is -0.361 e. The average Bonchev–Trinajstić information content (AvgIpc) is 3.16. The van der Waals surface area contributed by atoms with Gasteiger partial charge in [-0.1, -0.05) is 22.6 Å². The van der Waals surface area contributed by atoms with Crippen LogP contribution in [0.3, 0.4) is 0 Å². The van der Waals surface area contributed by atoms with Crippen LogP contribution in [0.4, 0.5) is 5.13 Å². The van der Waals surface area contributed by atoms with E-state index < -0.39 is 0 Å². The molecule has 0 fully saturated rings. The first kappa shape index (κ1) is 20.4. The molecule has 8 heteroatoms. The predicted octanol–water partition coefficient (Wildman–Crippen LogP) is 3.92. The van der Waals surface area contributed by atoms with Gasteiger partial charge in [-0.25, -0.2) is 4.98 Å². The summed E-state index contributed by atoms with van der Waals surface area (Å²) in [7, 11) is 4.04. The van der Waals surface area contributed by atoms with E-state index in [0.29, 0.717) is 23.1 Å². The molecule has 0 saturated carbocycles. The molecule has 0 saturated heterocycles. The number of carbonyl (C=O) groups is 1. The Morgan fingerprint density at radius 3 is 2.62 bits per heavy atom. The lowest BCUT2D eigenvalue weighted by atomic mass is 10.2. The standard InChI is InChI=1S/C18H22N4O2S.ClH/c1-12-6-7-14-16(10-12)25-18(19-14)22(9-5-8-21(3)4)17(23)15-11-13(2)24-20-15;/h6-7,10-11H,5,8-9H2,1-4H3;1H. The number of amides is 1. The van der Waals surface area contributed by atoms with Crippen LogP contribution in [0.5, 0.6) is 0 Å². The van der Waals surface area contributed by atoms with Gasteiger partial charge in [-0.15, -0.1) is 12.4 Å². The van der Waals surface area contributed by atoms with E-state index in [9.17, 15) is 4.79 Å². The SMILES string of the molecule is Cc1ccc2nc(N(CCCN(C)C)C(=O)c3cc(C)on3)sc2c1.Cl. The Hall–Kier alpha value is -1.96. The molecule has 2 heterocycles. The third-order valence-corrected chi connectivity index (χ3v) is 4.88. The lowest BCUT2D eigenvalue weighted by Gasteiger charge is -2.19. The van der Waals surface area contributed by atoms with Crippen molar-refractivity contribution in [2.75, 3.05) is 32.1 Å². The number of carbonyl (C=O) groups excluding carboxylic acids is 1. The van der Waals surface area contributed by atoms with Crippen LogP contribution in [0.25, 0.3) is 10.2 Å². The molecule has 26 heavy (non-hydrogen) atoms. The van der Waals surface area contributed by atoms with E-state index in [1.54, 1.807) is 17.9 Å². The van der Waals surface area contributed by atoms with Gasteiger partial charge in [0.1, 0.15) is 5.76 Å². The van der Waals surface area contributed by atoms with Crippen molar-refractivity contribution in [2.45, 2.75) is 20.3 Å². The van der Waals surface area contributed by atoms with Gasteiger partial charge in [0.15, 0.2) is 10.8 Å². The molecular weight excluding hydrogens is 372 g/mol. The van der Waals surface area contributed by atoms with E-state index in [4.69, 9.17) is 4.52 Å². The quantitative estimate of drug-likeness (QED) is 0.634. The van der Waals surface area contributed by atoms with Crippen molar-refractivity contribution in [1.82, 2.24) is 15.0 Å². The van der Waals surface area contributed by atoms with Crippen LogP contribution in [-0.2, 0) is 0 Å². The first-order valence-electron chi connectivity index (χ1n) is 8.21. The Kier molecular flexibility index (Phi) is 6.75. The highest BCUT2D eigenvalue weighted by molar-refractivity contribution is 7.22. The van der Waals surface area contributed by atoms with Gasteiger partial charge in [-0.05, 0) is 58.6 Å². The van der Waals surface area contributed by atoms with Crippen molar-refractivity contribution in [3.63, 3.8) is 0 Å². The number of nitrogens with zero attached hydrogens (tertiary/aromatic N) is 4. The molecule has 0 atom stereocenters. The second kappa shape index (κ2) is 8.62. The zero-order chi connectivity index (χ0) is 18.0. The normalized spacial score (nSPS) is 11.0. The predicted molar refractivity (Wildman–Crippen MR) is 108 cm³/mol. The smallest absolute Gasteiger partial charge is 0.282 e. The number of aryl methyl sites for hydroxylation is 2. The van der Waals surface area contributed by atoms with Crippen molar-refractivity contribution < 1.29 is 9.32 Å². The average molecular weight is 395 g/mol. The van der Waals surface area contributed by atoms with Gasteiger partial charge in [0.2, 0.25) is 0 Å². The van der Waals surface area contributed by atoms with Crippen LogP contribution in [0.2, 0.25) is 0 Å². The van der Waals surface area contributed by atoms with E-state index in [1.807, 2.05) is 26.2 Å². The highest BCUT2D eigenvalue weighted by Gasteiger charge is 2.23. The summed E-state index contributed by atoms with van der Waals surface area (Å²) < 4.78 is 6.15. The van der Waals surface area contributed by atoms with Crippen molar-refractivity contribution in [1.29, 1.82) is 0 Å². The fourth-order valence-electron chi connectivity index (χ4n) is 2.57. The molecule has 0 aliphatic heterocycles. The topological polar surface area (TPSA) is 62.5 Å². The maximum Gasteiger partial charge on any atom is 0.282 e. The molecular formula is C18H23ClN4O2S. The summed E-state index contributed by atoms with van der Waals surface area (Å²) in [5, 5.41) is 4.57. The Labute approximate surface area is 163 Å². The van der Waals surface area contributed by atoms with Crippen LogP contribution in [0.15, 0.2) is 28.8 Å². The Morgan fingerprint density at radius 1 is 1.19 bits per heavy atom. The molecule has 2 aromatic heterocycles. The minimum absolute atomic E-state index is 0. The molecule has 1 aromatic carbocycles. The van der Waals surface area contributed by atoms with Crippen LogP contribution >= 0.6 is 23.7 Å². The molecule has 3 rings (SSSR count). The summed E-state index contributed by atoms with van der Waals surface area (Å²) in [6.45, 7) is 5.31. The highest BCUT2D eigenvalue weighted by atomic mass is 35.5. The summed E-state index contributed by atoms with van der Waals surface area (Å²) in [5.74, 6) is 0.447. The van der Waals surface area contributed by atoms with E-state index in [-0.39, 0.29) is 18.3 Å². The maximum absolute atomic E-state index is 12.9. The number of benzene rings is 1. The molecule has 0 aliphatic carbocycles. The highest BCUT2D eigenvalue weighted by Crippen LogP contribution is 2.30. The molecule has 0 bridgehead atoms. The molecule has 0 unspecified atom stereocenters. The zero-order valence-corrected chi connectivity index (χ0v) is 17.0. The van der Waals surface area contributed by atoms with Gasteiger partial charge in [0.25, 0.3) is 5.91 Å². The number of hydrogen-bond donors (Lipinski definition) is 0. The Morgan fingerprint density at radius 2 is 1.96 bits per heavy atom. The second-order valence-corrected chi connectivity index (χ2v) is 7.41. The van der Waals surface area contributed by atoms with Crippen LogP contribution in [-0.4, -0.2) is 48.1 Å². The molecule has 0 spiro atoms. The fourth-order valence-corrected chi connectivity index (χ4v) is 3.66. The number of rotatable bonds is 6. The molecule has 0 radical (unpaired) electrons. The number of halogens is 1. The number of anilines is 1. The van der Waals surface area contributed by atoms with Gasteiger partial charge in [-0.2, -0.15) is 0 Å². The van der Waals surface area contributed by atoms with Gasteiger partial charge < -0.3 is 9.42 Å². The largest absolute Gasteiger partial charge is 0.361 e. The number of aromatic nitrogens is 2. The van der Waals surface area contributed by atoms with Gasteiger partial charge in [0, 0.05) is 12.6 Å². The van der Waals surface area contributed by atoms with Crippen molar-refractivity contribution in [3.05, 3.63) is 41.3 Å². The summed E-state index contributed by atoms with van der Waals surface area (Å²) in [6, 6.07) is 7.79. The molecule has 6 nitrogen and oxygen atoms in total. The third kappa shape index (κ3) is 4.60. The number of thiazole rings is 1. The van der Waals surface area contributed by atoms with Crippen LogP contribution < -0.4 is 4.90 Å². The molecule has 1 amide bonds. The number of fused-ring (bicyclic) bond motifs is 1. The second-order valence-electron chi connectivity index (χ2n) is 6.40. The maximum atomic E-state index is 12.9. The van der Waals surface area contributed by atoms with Crippen LogP contribution in [0, 0.1) is 13.8 Å². The van der Waals surface area contributed by atoms with Crippen molar-refractivity contribution in [2.24, 2.45) is 0 Å². The summed E-state index contributed by atoms with van der Waals surface area (Å²) in [5.41, 5.74) is 2.41. The minimum atomic E-state index is -0.175. The van der Waals surface area contributed by atoms with E-state index >= 15 is 0 Å². The Bertz CT molecular complexity index is 890. The van der Waals surface area contributed by atoms with Crippen molar-refractivity contribution in [3.8, 4) is 0 Å². The molecule has 140 valence electrons. The van der Waals surface area contributed by atoms with Gasteiger partial charge in [0.05, 0.1) is 10.2 Å². The molecule has 0 N–H and O–H groups in total. The fraction of sp³-hybridized carbons (Fsp3) is 0.389. The monoisotopic (exact) mass is 394 g/mol. The summed E-state index contributed by atoms with van der Waals surface area (Å²) in [4.78, 5) is 21.4. The summed E-state index contributed by atoms with van der Waals surface area (Å²) >= 11 is 1.53. The molecule has 3 aromatic rings. The van der Waals surface area contributed by atoms with Gasteiger partial charge in [-0.3, -0.25) is 9.69 Å². The lowest BCUT2D eigenvalue weighted by molar-refractivity contribution is 0.0977. The van der Waals surface area contributed by atoms with Crippen molar-refractivity contribution >= 4 is 45.0 Å². The van der Waals surface area contributed by atoms with E-state index in [0.717, 1.165) is 23.2 Å². The zero-order valence-electron chi connectivity index (χ0n) is 15.4. The Balaban J connectivity index is 0.00000243. The summed E-state index contributed by atoms with van der Waals surface area (Å²) in [6.07, 6.45) is 0.852. The lowest BCUT2D eigenvalue weighted by Crippen LogP contribution is -2.33. The van der Waals surface area contributed by atoms with Gasteiger partial charge >= 0.3 is 0 Å². The van der Waals surface area contributed by atoms with Crippen LogP contribution in [0.1, 0.15) is 28.2 Å².